The number of carbonyl (C=O) groups excluding carboxylic acids is 2. The highest BCUT2D eigenvalue weighted by molar-refractivity contribution is 6.11. The lowest BCUT2D eigenvalue weighted by Gasteiger charge is -2.11. The van der Waals surface area contributed by atoms with Crippen molar-refractivity contribution in [1.29, 1.82) is 5.41 Å². The van der Waals surface area contributed by atoms with Crippen LogP contribution in [0, 0.1) is 5.41 Å². The number of hydrogen-bond acceptors (Lipinski definition) is 4. The van der Waals surface area contributed by atoms with Gasteiger partial charge in [-0.25, -0.2) is 0 Å². The number of amidine groups is 1. The van der Waals surface area contributed by atoms with Gasteiger partial charge in [0.15, 0.2) is 0 Å². The minimum Gasteiger partial charge on any atom is -0.388 e. The molecule has 1 aromatic heterocycles. The molecule has 1 heterocycles. The maximum absolute atomic E-state index is 11.9. The Morgan fingerprint density at radius 3 is 2.57 bits per heavy atom. The Labute approximate surface area is 120 Å². The molecule has 0 aliphatic carbocycles. The van der Waals surface area contributed by atoms with Crippen molar-refractivity contribution in [1.82, 2.24) is 4.98 Å². The van der Waals surface area contributed by atoms with Gasteiger partial charge in [0, 0.05) is 24.4 Å². The van der Waals surface area contributed by atoms with Crippen LogP contribution >= 0.6 is 0 Å². The largest absolute Gasteiger partial charge is 0.388 e. The number of benzene rings is 1. The quantitative estimate of drug-likeness (QED) is 0.481. The highest BCUT2D eigenvalue weighted by Gasteiger charge is 2.15. The van der Waals surface area contributed by atoms with Gasteiger partial charge in [0.25, 0.3) is 5.91 Å². The molecule has 0 spiro atoms. The van der Waals surface area contributed by atoms with Gasteiger partial charge in [-0.2, -0.15) is 0 Å². The van der Waals surface area contributed by atoms with Crippen molar-refractivity contribution < 1.29 is 9.59 Å². The first kappa shape index (κ1) is 14.4. The fourth-order valence-electron chi connectivity index (χ4n) is 1.91. The summed E-state index contributed by atoms with van der Waals surface area (Å²) in [7, 11) is 0. The van der Waals surface area contributed by atoms with E-state index in [9.17, 15) is 9.59 Å². The standard InChI is InChI=1S/C14H15N5O2/c15-11(16)5-6-12(20)19-13-8-3-1-2-4-10(8)18-7-9(13)14(17)21/h1-4,7H,5-6H2,(H3,15,16)(H2,17,21)(H,18,19,20). The summed E-state index contributed by atoms with van der Waals surface area (Å²) in [4.78, 5) is 27.5. The number of pyridine rings is 1. The van der Waals surface area contributed by atoms with E-state index in [1.54, 1.807) is 24.3 Å². The first-order valence-corrected chi connectivity index (χ1v) is 6.29. The average Bonchev–Trinajstić information content (AvgIpc) is 2.45. The van der Waals surface area contributed by atoms with E-state index in [1.165, 1.54) is 6.20 Å². The third-order valence-corrected chi connectivity index (χ3v) is 2.93. The maximum Gasteiger partial charge on any atom is 0.252 e. The first-order chi connectivity index (χ1) is 9.99. The molecule has 6 N–H and O–H groups in total. The molecule has 108 valence electrons. The summed E-state index contributed by atoms with van der Waals surface area (Å²) in [5.74, 6) is -1.08. The molecule has 0 saturated heterocycles. The number of carbonyl (C=O) groups is 2. The van der Waals surface area contributed by atoms with Gasteiger partial charge in [-0.05, 0) is 6.07 Å². The second kappa shape index (κ2) is 6.00. The molecular formula is C14H15N5O2. The molecule has 2 aromatic rings. The van der Waals surface area contributed by atoms with E-state index in [0.29, 0.717) is 16.6 Å². The summed E-state index contributed by atoms with van der Waals surface area (Å²) < 4.78 is 0. The highest BCUT2D eigenvalue weighted by Crippen LogP contribution is 2.25. The Kier molecular flexibility index (Phi) is 4.13. The van der Waals surface area contributed by atoms with Gasteiger partial charge >= 0.3 is 0 Å². The molecule has 7 nitrogen and oxygen atoms in total. The zero-order valence-electron chi connectivity index (χ0n) is 11.2. The van der Waals surface area contributed by atoms with E-state index >= 15 is 0 Å². The van der Waals surface area contributed by atoms with E-state index in [2.05, 4.69) is 10.3 Å². The molecule has 0 bridgehead atoms. The third-order valence-electron chi connectivity index (χ3n) is 2.93. The summed E-state index contributed by atoms with van der Waals surface area (Å²) in [6.45, 7) is 0. The zero-order chi connectivity index (χ0) is 15.4. The molecule has 0 fully saturated rings. The molecule has 0 unspecified atom stereocenters. The number of primary amides is 1. The highest BCUT2D eigenvalue weighted by atomic mass is 16.2. The third kappa shape index (κ3) is 3.33. The van der Waals surface area contributed by atoms with Crippen LogP contribution in [0.4, 0.5) is 5.69 Å². The van der Waals surface area contributed by atoms with Crippen molar-refractivity contribution in [3.8, 4) is 0 Å². The molecule has 0 radical (unpaired) electrons. The number of hydrogen-bond donors (Lipinski definition) is 4. The smallest absolute Gasteiger partial charge is 0.252 e. The summed E-state index contributed by atoms with van der Waals surface area (Å²) in [6, 6.07) is 7.10. The molecule has 2 amide bonds. The van der Waals surface area contributed by atoms with E-state index < -0.39 is 5.91 Å². The van der Waals surface area contributed by atoms with Crippen LogP contribution in [-0.2, 0) is 4.79 Å². The molecular weight excluding hydrogens is 270 g/mol. The van der Waals surface area contributed by atoms with Gasteiger partial charge in [0.05, 0.1) is 22.6 Å². The number of nitrogens with one attached hydrogen (secondary N) is 2. The van der Waals surface area contributed by atoms with Crippen LogP contribution in [0.2, 0.25) is 0 Å². The lowest BCUT2D eigenvalue weighted by molar-refractivity contribution is -0.116. The number of anilines is 1. The number of para-hydroxylation sites is 1. The number of amides is 2. The summed E-state index contributed by atoms with van der Waals surface area (Å²) in [6.07, 6.45) is 1.55. The van der Waals surface area contributed by atoms with E-state index in [1.807, 2.05) is 0 Å². The predicted molar refractivity (Wildman–Crippen MR) is 80.0 cm³/mol. The van der Waals surface area contributed by atoms with Crippen LogP contribution in [0.1, 0.15) is 23.2 Å². The van der Waals surface area contributed by atoms with Crippen LogP contribution in [0.25, 0.3) is 10.9 Å². The monoisotopic (exact) mass is 285 g/mol. The van der Waals surface area contributed by atoms with Crippen molar-refractivity contribution in [3.05, 3.63) is 36.0 Å². The lowest BCUT2D eigenvalue weighted by atomic mass is 10.1. The molecule has 0 atom stereocenters. The van der Waals surface area contributed by atoms with E-state index in [-0.39, 0.29) is 30.1 Å². The number of nitrogens with zero attached hydrogens (tertiary/aromatic N) is 1. The van der Waals surface area contributed by atoms with Gasteiger partial charge in [-0.15, -0.1) is 0 Å². The van der Waals surface area contributed by atoms with Crippen molar-refractivity contribution in [3.63, 3.8) is 0 Å². The van der Waals surface area contributed by atoms with Crippen LogP contribution in [-0.4, -0.2) is 22.6 Å². The molecule has 7 heteroatoms. The molecule has 0 aliphatic rings. The Morgan fingerprint density at radius 2 is 1.90 bits per heavy atom. The summed E-state index contributed by atoms with van der Waals surface area (Å²) in [5, 5.41) is 10.4. The second-order valence-corrected chi connectivity index (χ2v) is 4.50. The fourth-order valence-corrected chi connectivity index (χ4v) is 1.91. The topological polar surface area (TPSA) is 135 Å². The average molecular weight is 285 g/mol. The van der Waals surface area contributed by atoms with Gasteiger partial charge in [0.1, 0.15) is 0 Å². The van der Waals surface area contributed by atoms with Crippen molar-refractivity contribution in [2.45, 2.75) is 12.8 Å². The SMILES string of the molecule is N=C(N)CCC(=O)Nc1c(C(N)=O)cnc2ccccc12. The number of nitrogens with two attached hydrogens (primary N) is 2. The molecule has 1 aromatic carbocycles. The van der Waals surface area contributed by atoms with Gasteiger partial charge in [0.2, 0.25) is 5.91 Å². The number of aromatic nitrogens is 1. The molecule has 21 heavy (non-hydrogen) atoms. The van der Waals surface area contributed by atoms with Crippen LogP contribution < -0.4 is 16.8 Å². The Morgan fingerprint density at radius 1 is 1.19 bits per heavy atom. The van der Waals surface area contributed by atoms with E-state index in [4.69, 9.17) is 16.9 Å². The second-order valence-electron chi connectivity index (χ2n) is 4.50. The first-order valence-electron chi connectivity index (χ1n) is 6.29. The van der Waals surface area contributed by atoms with Crippen molar-refractivity contribution >= 4 is 34.2 Å². The number of fused-ring (bicyclic) bond motifs is 1. The minimum atomic E-state index is -0.671. The fraction of sp³-hybridized carbons (Fsp3) is 0.143. The van der Waals surface area contributed by atoms with Crippen LogP contribution in [0.3, 0.4) is 0 Å². The Bertz CT molecular complexity index is 726. The normalized spacial score (nSPS) is 10.3. The summed E-state index contributed by atoms with van der Waals surface area (Å²) >= 11 is 0. The molecule has 0 aliphatic heterocycles. The Balaban J connectivity index is 2.40. The van der Waals surface area contributed by atoms with Crippen LogP contribution in [0.5, 0.6) is 0 Å². The van der Waals surface area contributed by atoms with Gasteiger partial charge < -0.3 is 16.8 Å². The van der Waals surface area contributed by atoms with Gasteiger partial charge in [-0.1, -0.05) is 18.2 Å². The van der Waals surface area contributed by atoms with Gasteiger partial charge in [-0.3, -0.25) is 20.0 Å². The van der Waals surface area contributed by atoms with Crippen LogP contribution in [0.15, 0.2) is 30.5 Å². The number of rotatable bonds is 5. The van der Waals surface area contributed by atoms with E-state index in [0.717, 1.165) is 0 Å². The minimum absolute atomic E-state index is 0.0597. The predicted octanol–water partition coefficient (Wildman–Crippen LogP) is 0.988. The molecule has 2 rings (SSSR count). The Hall–Kier alpha value is -2.96. The molecule has 0 saturated carbocycles. The van der Waals surface area contributed by atoms with Crippen molar-refractivity contribution in [2.24, 2.45) is 11.5 Å². The zero-order valence-corrected chi connectivity index (χ0v) is 11.2. The lowest BCUT2D eigenvalue weighted by Crippen LogP contribution is -2.20. The maximum atomic E-state index is 11.9. The summed E-state index contributed by atoms with van der Waals surface area (Å²) in [5.41, 5.74) is 11.7. The van der Waals surface area contributed by atoms with Crippen molar-refractivity contribution in [2.75, 3.05) is 5.32 Å².